The van der Waals surface area contributed by atoms with E-state index in [0.29, 0.717) is 17.6 Å². The lowest BCUT2D eigenvalue weighted by atomic mass is 9.98. The molecule has 8 nitrogen and oxygen atoms in total. The first-order chi connectivity index (χ1) is 12.8. The number of aliphatic hydroxyl groups is 2. The lowest BCUT2D eigenvalue weighted by Crippen LogP contribution is -2.41. The molecule has 27 heavy (non-hydrogen) atoms. The Morgan fingerprint density at radius 3 is 2.93 bits per heavy atom. The van der Waals surface area contributed by atoms with Gasteiger partial charge in [0.1, 0.15) is 16.8 Å². The molecule has 2 fully saturated rings. The number of nitrogens with zero attached hydrogens (tertiary/aromatic N) is 3. The number of carbonyl (C=O) groups is 1. The maximum absolute atomic E-state index is 12.5. The summed E-state index contributed by atoms with van der Waals surface area (Å²) >= 11 is 6.03. The molecule has 5 atom stereocenters. The predicted molar refractivity (Wildman–Crippen MR) is 92.7 cm³/mol. The van der Waals surface area contributed by atoms with Gasteiger partial charge in [-0.15, -0.1) is 0 Å². The van der Waals surface area contributed by atoms with Crippen molar-refractivity contribution in [3.63, 3.8) is 0 Å². The number of aliphatic hydroxyl groups excluding tert-OH is 2. The van der Waals surface area contributed by atoms with Gasteiger partial charge in [0, 0.05) is 19.0 Å². The smallest absolute Gasteiger partial charge is 0.255 e. The van der Waals surface area contributed by atoms with Crippen molar-refractivity contribution >= 4 is 34.4 Å². The summed E-state index contributed by atoms with van der Waals surface area (Å²) in [5.41, 5.74) is -0.134. The highest BCUT2D eigenvalue weighted by Crippen LogP contribution is 2.67. The van der Waals surface area contributed by atoms with Gasteiger partial charge in [0.2, 0.25) is 5.91 Å². The van der Waals surface area contributed by atoms with Crippen molar-refractivity contribution in [2.45, 2.75) is 31.1 Å². The number of fused-ring (bicyclic) bond motifs is 2. The van der Waals surface area contributed by atoms with Crippen LogP contribution in [0.25, 0.3) is 11.2 Å². The standard InChI is InChI=1S/C16H18ClF2N5O3/c1-20-15(27)16-3-6(16)11(12(25)13(16)26)24-5-22-10-7(21-4-9(18)19)2-8(17)23-14(10)24/h2,5-6,9,11-13,25-26H,3-4H2,1H3,(H,20,27)(H,21,23)/t6-,11-,12+,13+,16-/m1/s1. The Hall–Kier alpha value is -2.04. The third-order valence-corrected chi connectivity index (χ3v) is 5.78. The van der Waals surface area contributed by atoms with Gasteiger partial charge in [-0.05, 0) is 6.42 Å². The number of pyridine rings is 1. The van der Waals surface area contributed by atoms with Crippen molar-refractivity contribution in [1.82, 2.24) is 19.9 Å². The zero-order valence-electron chi connectivity index (χ0n) is 14.2. The van der Waals surface area contributed by atoms with Crippen LogP contribution in [0.1, 0.15) is 12.5 Å². The molecule has 146 valence electrons. The van der Waals surface area contributed by atoms with Crippen molar-refractivity contribution in [3.05, 3.63) is 17.5 Å². The number of anilines is 1. The molecule has 1 amide bonds. The summed E-state index contributed by atoms with van der Waals surface area (Å²) in [6, 6.07) is 0.770. The molecule has 0 unspecified atom stereocenters. The molecule has 2 saturated carbocycles. The van der Waals surface area contributed by atoms with E-state index < -0.39 is 36.6 Å². The molecule has 0 radical (unpaired) electrons. The number of hydrogen-bond acceptors (Lipinski definition) is 6. The molecular weight excluding hydrogens is 384 g/mol. The van der Waals surface area contributed by atoms with Crippen LogP contribution in [0.2, 0.25) is 5.15 Å². The number of rotatable bonds is 5. The maximum Gasteiger partial charge on any atom is 0.255 e. The SMILES string of the molecule is CNC(=O)[C@]12C[C@@H]1[C@@H](n1cnc3c(NCC(F)F)cc(Cl)nc31)[C@H](O)[C@@H]2O. The molecule has 2 aliphatic carbocycles. The van der Waals surface area contributed by atoms with Gasteiger partial charge in [-0.1, -0.05) is 11.6 Å². The minimum absolute atomic E-state index is 0.0717. The Bertz CT molecular complexity index is 910. The second kappa shape index (κ2) is 6.25. The van der Waals surface area contributed by atoms with Crippen LogP contribution in [0.5, 0.6) is 0 Å². The molecule has 2 aromatic heterocycles. The second-order valence-corrected chi connectivity index (χ2v) is 7.33. The molecule has 2 aromatic rings. The third-order valence-electron chi connectivity index (χ3n) is 5.59. The highest BCUT2D eigenvalue weighted by molar-refractivity contribution is 6.30. The molecular formula is C16H18ClF2N5O3. The molecule has 11 heteroatoms. The second-order valence-electron chi connectivity index (χ2n) is 6.94. The lowest BCUT2D eigenvalue weighted by molar-refractivity contribution is -0.132. The van der Waals surface area contributed by atoms with Crippen LogP contribution in [0.15, 0.2) is 12.4 Å². The van der Waals surface area contributed by atoms with Crippen LogP contribution in [-0.4, -0.2) is 62.9 Å². The van der Waals surface area contributed by atoms with E-state index >= 15 is 0 Å². The molecule has 0 spiro atoms. The van der Waals surface area contributed by atoms with Crippen LogP contribution in [-0.2, 0) is 4.79 Å². The summed E-state index contributed by atoms with van der Waals surface area (Å²) in [5.74, 6) is -0.616. The molecule has 2 aliphatic rings. The Labute approximate surface area is 157 Å². The van der Waals surface area contributed by atoms with E-state index in [1.807, 2.05) is 0 Å². The molecule has 4 N–H and O–H groups in total. The van der Waals surface area contributed by atoms with Crippen molar-refractivity contribution in [3.8, 4) is 0 Å². The van der Waals surface area contributed by atoms with E-state index in [1.165, 1.54) is 19.4 Å². The normalized spacial score (nSPS) is 32.0. The first-order valence-electron chi connectivity index (χ1n) is 8.44. The molecule has 2 heterocycles. The average molecular weight is 402 g/mol. The molecule has 0 aromatic carbocycles. The zero-order chi connectivity index (χ0) is 19.5. The highest BCUT2D eigenvalue weighted by Gasteiger charge is 2.75. The van der Waals surface area contributed by atoms with Gasteiger partial charge in [-0.2, -0.15) is 0 Å². The average Bonchev–Trinajstić information content (AvgIpc) is 3.17. The van der Waals surface area contributed by atoms with Crippen LogP contribution in [0, 0.1) is 11.3 Å². The third kappa shape index (κ3) is 2.58. The fourth-order valence-electron chi connectivity index (χ4n) is 4.30. The lowest BCUT2D eigenvalue weighted by Gasteiger charge is -2.23. The van der Waals surface area contributed by atoms with Gasteiger partial charge in [0.25, 0.3) is 6.43 Å². The molecule has 0 saturated heterocycles. The molecule has 0 aliphatic heterocycles. The van der Waals surface area contributed by atoms with Crippen molar-refractivity contribution < 1.29 is 23.8 Å². The Morgan fingerprint density at radius 1 is 1.52 bits per heavy atom. The van der Waals surface area contributed by atoms with Crippen molar-refractivity contribution in [2.24, 2.45) is 11.3 Å². The number of imidazole rings is 1. The fraction of sp³-hybridized carbons (Fsp3) is 0.562. The van der Waals surface area contributed by atoms with Gasteiger partial charge in [-0.25, -0.2) is 18.7 Å². The quantitative estimate of drug-likeness (QED) is 0.551. The first kappa shape index (κ1) is 18.3. The van der Waals surface area contributed by atoms with E-state index in [-0.39, 0.29) is 22.6 Å². The molecule has 0 bridgehead atoms. The van der Waals surface area contributed by atoms with Crippen LogP contribution < -0.4 is 10.6 Å². The van der Waals surface area contributed by atoms with E-state index in [1.54, 1.807) is 4.57 Å². The summed E-state index contributed by atoms with van der Waals surface area (Å²) in [7, 11) is 1.48. The van der Waals surface area contributed by atoms with Crippen molar-refractivity contribution in [1.29, 1.82) is 0 Å². The predicted octanol–water partition coefficient (Wildman–Crippen LogP) is 0.790. The summed E-state index contributed by atoms with van der Waals surface area (Å²) in [4.78, 5) is 20.7. The number of nitrogens with one attached hydrogen (secondary N) is 2. The summed E-state index contributed by atoms with van der Waals surface area (Å²) in [5, 5.41) is 26.2. The van der Waals surface area contributed by atoms with E-state index in [0.717, 1.165) is 0 Å². The summed E-state index contributed by atoms with van der Waals surface area (Å²) in [6.45, 7) is -0.574. The summed E-state index contributed by atoms with van der Waals surface area (Å²) in [6.07, 6.45) is -3.13. The Morgan fingerprint density at radius 2 is 2.26 bits per heavy atom. The van der Waals surface area contributed by atoms with Crippen LogP contribution in [0.4, 0.5) is 14.5 Å². The van der Waals surface area contributed by atoms with Gasteiger partial charge >= 0.3 is 0 Å². The number of aromatic nitrogens is 3. The highest BCUT2D eigenvalue weighted by atomic mass is 35.5. The van der Waals surface area contributed by atoms with Gasteiger partial charge in [-0.3, -0.25) is 4.79 Å². The number of amides is 1. The van der Waals surface area contributed by atoms with Crippen molar-refractivity contribution in [2.75, 3.05) is 18.9 Å². The summed E-state index contributed by atoms with van der Waals surface area (Å²) < 4.78 is 26.6. The maximum atomic E-state index is 12.5. The largest absolute Gasteiger partial charge is 0.389 e. The Balaban J connectivity index is 1.74. The molecule has 4 rings (SSSR count). The first-order valence-corrected chi connectivity index (χ1v) is 8.82. The van der Waals surface area contributed by atoms with Gasteiger partial charge in [0.15, 0.2) is 5.65 Å². The van der Waals surface area contributed by atoms with Gasteiger partial charge in [0.05, 0.1) is 36.1 Å². The zero-order valence-corrected chi connectivity index (χ0v) is 15.0. The monoisotopic (exact) mass is 401 g/mol. The van der Waals surface area contributed by atoms with E-state index in [4.69, 9.17) is 11.6 Å². The van der Waals surface area contributed by atoms with Crippen LogP contribution >= 0.6 is 11.6 Å². The number of carbonyl (C=O) groups excluding carboxylic acids is 1. The Kier molecular flexibility index (Phi) is 4.24. The number of halogens is 3. The minimum Gasteiger partial charge on any atom is -0.389 e. The van der Waals surface area contributed by atoms with E-state index in [2.05, 4.69) is 20.6 Å². The fourth-order valence-corrected chi connectivity index (χ4v) is 4.49. The number of hydrogen-bond donors (Lipinski definition) is 4. The minimum atomic E-state index is -2.56. The van der Waals surface area contributed by atoms with Crippen LogP contribution in [0.3, 0.4) is 0 Å². The van der Waals surface area contributed by atoms with E-state index in [9.17, 15) is 23.8 Å². The van der Waals surface area contributed by atoms with Gasteiger partial charge < -0.3 is 25.4 Å². The number of alkyl halides is 2. The topological polar surface area (TPSA) is 112 Å².